The van der Waals surface area contributed by atoms with Gasteiger partial charge in [0.25, 0.3) is 0 Å². The summed E-state index contributed by atoms with van der Waals surface area (Å²) in [6, 6.07) is 13.3. The van der Waals surface area contributed by atoms with E-state index in [1.54, 1.807) is 21.7 Å². The van der Waals surface area contributed by atoms with E-state index in [2.05, 4.69) is 10.1 Å². The van der Waals surface area contributed by atoms with Crippen molar-refractivity contribution < 1.29 is 18.7 Å². The summed E-state index contributed by atoms with van der Waals surface area (Å²) in [7, 11) is 0. The van der Waals surface area contributed by atoms with Crippen LogP contribution in [0.3, 0.4) is 0 Å². The minimum Gasteiger partial charge on any atom is -0.477 e. The van der Waals surface area contributed by atoms with Crippen LogP contribution in [-0.4, -0.2) is 56.6 Å². The first kappa shape index (κ1) is 21.8. The Balaban J connectivity index is 1.28. The highest BCUT2D eigenvalue weighted by molar-refractivity contribution is 6.12. The van der Waals surface area contributed by atoms with Crippen LogP contribution < -0.4 is 4.74 Å². The first-order valence-corrected chi connectivity index (χ1v) is 11.3. The molecule has 1 aromatic carbocycles. The van der Waals surface area contributed by atoms with Crippen LogP contribution in [0.4, 0.5) is 0 Å². The number of hydrogen-bond donors (Lipinski definition) is 1. The van der Waals surface area contributed by atoms with Crippen molar-refractivity contribution in [2.24, 2.45) is 5.92 Å². The minimum atomic E-state index is -0.997. The van der Waals surface area contributed by atoms with Gasteiger partial charge in [-0.05, 0) is 38.0 Å². The molecule has 4 aromatic rings. The van der Waals surface area contributed by atoms with Gasteiger partial charge >= 0.3 is 0 Å². The molecule has 1 aliphatic rings. The van der Waals surface area contributed by atoms with E-state index in [1.165, 1.54) is 6.92 Å². The molecule has 2 atom stereocenters. The lowest BCUT2D eigenvalue weighted by Gasteiger charge is -2.26. The molecule has 0 radical (unpaired) electrons. The fourth-order valence-corrected chi connectivity index (χ4v) is 4.46. The number of furan rings is 1. The number of imidazole rings is 1. The zero-order valence-corrected chi connectivity index (χ0v) is 18.8. The van der Waals surface area contributed by atoms with Crippen LogP contribution in [0.5, 0.6) is 5.88 Å². The van der Waals surface area contributed by atoms with Crippen LogP contribution in [0.25, 0.3) is 28.1 Å². The molecule has 9 heteroatoms. The van der Waals surface area contributed by atoms with Crippen molar-refractivity contribution in [2.75, 3.05) is 13.2 Å². The average Bonchev–Trinajstić information content (AvgIpc) is 3.56. The van der Waals surface area contributed by atoms with Crippen molar-refractivity contribution in [3.05, 3.63) is 48.7 Å². The molecule has 5 rings (SSSR count). The number of rotatable bonds is 8. The molecule has 174 valence electrons. The Bertz CT molecular complexity index is 1340. The second kappa shape index (κ2) is 9.09. The van der Waals surface area contributed by atoms with Gasteiger partial charge in [-0.1, -0.05) is 18.2 Å². The van der Waals surface area contributed by atoms with Gasteiger partial charge in [0.1, 0.15) is 23.5 Å². The first-order chi connectivity index (χ1) is 16.5. The van der Waals surface area contributed by atoms with Gasteiger partial charge in [0, 0.05) is 36.2 Å². The molecule has 0 aliphatic carbocycles. The van der Waals surface area contributed by atoms with Crippen molar-refractivity contribution in [1.82, 2.24) is 19.5 Å². The summed E-state index contributed by atoms with van der Waals surface area (Å²) in [5.41, 5.74) is 2.27. The number of aldehydes is 1. The third-order valence-electron chi connectivity index (χ3n) is 6.25. The Morgan fingerprint density at radius 3 is 2.97 bits per heavy atom. The van der Waals surface area contributed by atoms with Gasteiger partial charge < -0.3 is 24.3 Å². The summed E-state index contributed by atoms with van der Waals surface area (Å²) >= 11 is 0. The molecule has 1 aliphatic heterocycles. The van der Waals surface area contributed by atoms with E-state index in [0.29, 0.717) is 43.1 Å². The summed E-state index contributed by atoms with van der Waals surface area (Å²) in [6.07, 6.45) is 4.62. The highest BCUT2D eigenvalue weighted by atomic mass is 16.5. The number of para-hydroxylation sites is 1. The summed E-state index contributed by atoms with van der Waals surface area (Å²) < 4.78 is 13.6. The van der Waals surface area contributed by atoms with E-state index in [1.807, 2.05) is 36.4 Å². The van der Waals surface area contributed by atoms with Crippen molar-refractivity contribution in [3.63, 3.8) is 0 Å². The van der Waals surface area contributed by atoms with Crippen molar-refractivity contribution in [2.45, 2.75) is 32.2 Å². The number of carbonyl (C=O) groups is 2. The van der Waals surface area contributed by atoms with E-state index < -0.39 is 5.92 Å². The van der Waals surface area contributed by atoms with E-state index in [4.69, 9.17) is 14.6 Å². The molecule has 9 nitrogen and oxygen atoms in total. The number of ether oxygens (including phenoxy) is 1. The van der Waals surface area contributed by atoms with Crippen LogP contribution in [-0.2, 0) is 9.59 Å². The predicted molar refractivity (Wildman–Crippen MR) is 126 cm³/mol. The second-order valence-corrected chi connectivity index (χ2v) is 8.50. The lowest BCUT2D eigenvalue weighted by atomic mass is 10.0. The third kappa shape index (κ3) is 4.05. The standard InChI is InChI=1S/C25H25N5O4/c1-16(26)19(15-31)25(32)29-11-4-6-18(29)10-12-33-24-9-8-23-27-14-20(30(23)28-24)22-13-17-5-2-3-7-21(17)34-22/h2-3,5,7-9,13-15,18-19,26H,4,6,10-12H2,1H3. The van der Waals surface area contributed by atoms with Crippen LogP contribution >= 0.6 is 0 Å². The summed E-state index contributed by atoms with van der Waals surface area (Å²) in [4.78, 5) is 30.1. The van der Waals surface area contributed by atoms with Gasteiger partial charge in [-0.25, -0.2) is 9.50 Å². The van der Waals surface area contributed by atoms with Gasteiger partial charge in [-0.2, -0.15) is 0 Å². The second-order valence-electron chi connectivity index (χ2n) is 8.50. The first-order valence-electron chi connectivity index (χ1n) is 11.3. The molecule has 34 heavy (non-hydrogen) atoms. The van der Waals surface area contributed by atoms with E-state index in [0.717, 1.165) is 29.5 Å². The topological polar surface area (TPSA) is 114 Å². The molecule has 2 unspecified atom stereocenters. The maximum Gasteiger partial charge on any atom is 0.238 e. The van der Waals surface area contributed by atoms with E-state index >= 15 is 0 Å². The lowest BCUT2D eigenvalue weighted by Crippen LogP contribution is -2.42. The Kier molecular flexibility index (Phi) is 5.83. The van der Waals surface area contributed by atoms with Crippen molar-refractivity contribution >= 4 is 34.5 Å². The van der Waals surface area contributed by atoms with Gasteiger partial charge in [0.15, 0.2) is 11.4 Å². The molecule has 0 saturated carbocycles. The monoisotopic (exact) mass is 459 g/mol. The third-order valence-corrected chi connectivity index (χ3v) is 6.25. The number of carbonyl (C=O) groups excluding carboxylic acids is 2. The number of fused-ring (bicyclic) bond motifs is 2. The smallest absolute Gasteiger partial charge is 0.238 e. The van der Waals surface area contributed by atoms with E-state index in [-0.39, 0.29) is 17.7 Å². The van der Waals surface area contributed by atoms with Crippen LogP contribution in [0.15, 0.2) is 53.1 Å². The molecule has 3 aromatic heterocycles. The van der Waals surface area contributed by atoms with Crippen LogP contribution in [0.2, 0.25) is 0 Å². The quantitative estimate of drug-likeness (QED) is 0.244. The molecular weight excluding hydrogens is 434 g/mol. The maximum absolute atomic E-state index is 12.7. The molecule has 0 bridgehead atoms. The fourth-order valence-electron chi connectivity index (χ4n) is 4.46. The summed E-state index contributed by atoms with van der Waals surface area (Å²) in [5.74, 6) is -0.175. The number of aromatic nitrogens is 3. The Morgan fingerprint density at radius 2 is 2.18 bits per heavy atom. The lowest BCUT2D eigenvalue weighted by molar-refractivity contribution is -0.136. The zero-order valence-electron chi connectivity index (χ0n) is 18.8. The van der Waals surface area contributed by atoms with Gasteiger partial charge in [0.2, 0.25) is 11.8 Å². The van der Waals surface area contributed by atoms with Gasteiger partial charge in [0.05, 0.1) is 12.8 Å². The Morgan fingerprint density at radius 1 is 1.32 bits per heavy atom. The van der Waals surface area contributed by atoms with Gasteiger partial charge in [-0.15, -0.1) is 5.10 Å². The highest BCUT2D eigenvalue weighted by Crippen LogP contribution is 2.28. The molecule has 1 saturated heterocycles. The zero-order chi connectivity index (χ0) is 23.7. The van der Waals surface area contributed by atoms with Gasteiger partial charge in [-0.3, -0.25) is 4.79 Å². The number of benzene rings is 1. The normalized spacial score (nSPS) is 16.7. The highest BCUT2D eigenvalue weighted by Gasteiger charge is 2.33. The van der Waals surface area contributed by atoms with Crippen molar-refractivity contribution in [3.8, 4) is 17.3 Å². The maximum atomic E-state index is 12.7. The molecular formula is C25H25N5O4. The summed E-state index contributed by atoms with van der Waals surface area (Å²) in [6.45, 7) is 2.46. The minimum absolute atomic E-state index is 0.0163. The summed E-state index contributed by atoms with van der Waals surface area (Å²) in [5, 5.41) is 13.3. The molecule has 1 amide bonds. The number of nitrogens with zero attached hydrogens (tertiary/aromatic N) is 4. The van der Waals surface area contributed by atoms with Crippen molar-refractivity contribution in [1.29, 1.82) is 5.41 Å². The molecule has 1 N–H and O–H groups in total. The number of likely N-dealkylation sites (tertiary alicyclic amines) is 1. The Hall–Kier alpha value is -4.01. The van der Waals surface area contributed by atoms with Crippen LogP contribution in [0.1, 0.15) is 26.2 Å². The number of nitrogens with one attached hydrogen (secondary N) is 1. The predicted octanol–water partition coefficient (Wildman–Crippen LogP) is 3.76. The fraction of sp³-hybridized carbons (Fsp3) is 0.320. The largest absolute Gasteiger partial charge is 0.477 e. The number of hydrogen-bond acceptors (Lipinski definition) is 7. The molecule has 1 fully saturated rings. The molecule has 0 spiro atoms. The average molecular weight is 460 g/mol. The van der Waals surface area contributed by atoms with E-state index in [9.17, 15) is 9.59 Å². The molecule has 4 heterocycles. The Labute approximate surface area is 195 Å². The number of amides is 1. The SMILES string of the molecule is CC(=N)C(C=O)C(=O)N1CCCC1CCOc1ccc2ncc(-c3cc4ccccc4o3)n2n1. The van der Waals surface area contributed by atoms with Crippen LogP contribution in [0, 0.1) is 11.3 Å².